The average molecular weight is 719 g/mol. The Bertz CT molecular complexity index is 3480. The Morgan fingerprint density at radius 2 is 1.00 bits per heavy atom. The van der Waals surface area contributed by atoms with Crippen LogP contribution < -0.4 is 0 Å². The van der Waals surface area contributed by atoms with Gasteiger partial charge in [-0.3, -0.25) is 0 Å². The molecule has 0 spiro atoms. The Balaban J connectivity index is 1.03. The normalized spacial score (nSPS) is 12.0. The molecule has 55 heavy (non-hydrogen) atoms. The van der Waals surface area contributed by atoms with E-state index >= 15 is 0 Å². The number of hydrogen-bond donors (Lipinski definition) is 0. The van der Waals surface area contributed by atoms with Crippen LogP contribution in [0.5, 0.6) is 0 Å². The van der Waals surface area contributed by atoms with E-state index in [0.29, 0.717) is 5.82 Å². The fourth-order valence-electron chi connectivity index (χ4n) is 8.69. The molecule has 0 aliphatic rings. The van der Waals surface area contributed by atoms with Gasteiger partial charge in [-0.2, -0.15) is 0 Å². The van der Waals surface area contributed by atoms with Crippen LogP contribution in [0.3, 0.4) is 0 Å². The monoisotopic (exact) mass is 718 g/mol. The van der Waals surface area contributed by atoms with Crippen molar-refractivity contribution < 1.29 is 0 Å². The highest BCUT2D eigenvalue weighted by Gasteiger charge is 2.19. The summed E-state index contributed by atoms with van der Waals surface area (Å²) >= 11 is 1.86. The van der Waals surface area contributed by atoms with E-state index in [-0.39, 0.29) is 0 Å². The molecule has 0 bridgehead atoms. The number of rotatable bonds is 4. The molecule has 0 amide bonds. The van der Waals surface area contributed by atoms with Crippen LogP contribution in [-0.4, -0.2) is 19.1 Å². The Morgan fingerprint density at radius 3 is 1.82 bits per heavy atom. The molecule has 0 saturated carbocycles. The van der Waals surface area contributed by atoms with E-state index in [1.165, 1.54) is 63.8 Å². The highest BCUT2D eigenvalue weighted by atomic mass is 32.1. The van der Waals surface area contributed by atoms with Gasteiger partial charge < -0.3 is 9.13 Å². The Kier molecular flexibility index (Phi) is 6.47. The molecule has 8 aromatic carbocycles. The average Bonchev–Trinajstić information content (AvgIpc) is 3.91. The fourth-order valence-corrected chi connectivity index (χ4v) is 9.80. The number of aromatic nitrogens is 4. The Hall–Kier alpha value is -7.08. The van der Waals surface area contributed by atoms with E-state index in [2.05, 4.69) is 191 Å². The highest BCUT2D eigenvalue weighted by Crippen LogP contribution is 2.43. The maximum Gasteiger partial charge on any atom is 0.160 e. The van der Waals surface area contributed by atoms with Crippen LogP contribution in [0, 0.1) is 0 Å². The van der Waals surface area contributed by atoms with Gasteiger partial charge in [0.2, 0.25) is 0 Å². The predicted molar refractivity (Wildman–Crippen MR) is 232 cm³/mol. The molecule has 4 aromatic heterocycles. The summed E-state index contributed by atoms with van der Waals surface area (Å²) in [6, 6.07) is 65.2. The third-order valence-electron chi connectivity index (χ3n) is 11.1. The van der Waals surface area contributed by atoms with Gasteiger partial charge >= 0.3 is 0 Å². The quantitative estimate of drug-likeness (QED) is 0.182. The predicted octanol–water partition coefficient (Wildman–Crippen LogP) is 13.5. The standard InChI is InChI=1S/C50H30N4S/c1-2-12-33(13-3-1)53-42-19-9-6-15-36(42)40-30-32(24-28-44(40)53)48-38-16-4-8-18-41(38)51-50(52-48)31-22-25-34(26-23-31)54-43-20-10-5-14-35(43)37-27-29-46-47(49(37)54)39-17-7-11-21-45(39)55-46/h1-30H. The summed E-state index contributed by atoms with van der Waals surface area (Å²) in [5, 5.41) is 8.58. The Labute approximate surface area is 319 Å². The van der Waals surface area contributed by atoms with E-state index in [4.69, 9.17) is 9.97 Å². The Morgan fingerprint density at radius 1 is 0.382 bits per heavy atom. The van der Waals surface area contributed by atoms with E-state index in [0.717, 1.165) is 39.1 Å². The number of nitrogens with zero attached hydrogens (tertiary/aromatic N) is 4. The zero-order chi connectivity index (χ0) is 36.0. The summed E-state index contributed by atoms with van der Waals surface area (Å²) < 4.78 is 7.39. The summed E-state index contributed by atoms with van der Waals surface area (Å²) in [6.45, 7) is 0. The van der Waals surface area contributed by atoms with Crippen molar-refractivity contribution in [2.24, 2.45) is 0 Å². The van der Waals surface area contributed by atoms with Crippen LogP contribution in [0.4, 0.5) is 0 Å². The summed E-state index contributed by atoms with van der Waals surface area (Å²) in [7, 11) is 0. The molecule has 12 rings (SSSR count). The second-order valence-corrected chi connectivity index (χ2v) is 15.2. The number of para-hydroxylation sites is 4. The molecule has 4 heterocycles. The van der Waals surface area contributed by atoms with Gasteiger partial charge in [-0.15, -0.1) is 11.3 Å². The van der Waals surface area contributed by atoms with Gasteiger partial charge in [0, 0.05) is 69.6 Å². The van der Waals surface area contributed by atoms with E-state index in [1.54, 1.807) is 0 Å². The van der Waals surface area contributed by atoms with Crippen molar-refractivity contribution in [2.75, 3.05) is 0 Å². The first kappa shape index (κ1) is 30.4. The van der Waals surface area contributed by atoms with Crippen molar-refractivity contribution in [1.29, 1.82) is 0 Å². The van der Waals surface area contributed by atoms with E-state index in [9.17, 15) is 0 Å². The fraction of sp³-hybridized carbons (Fsp3) is 0. The van der Waals surface area contributed by atoms with Crippen molar-refractivity contribution in [2.45, 2.75) is 0 Å². The third kappa shape index (κ3) is 4.51. The molecule has 12 aromatic rings. The van der Waals surface area contributed by atoms with Crippen molar-refractivity contribution in [1.82, 2.24) is 19.1 Å². The van der Waals surface area contributed by atoms with Gasteiger partial charge in [-0.1, -0.05) is 103 Å². The van der Waals surface area contributed by atoms with Crippen LogP contribution in [0.2, 0.25) is 0 Å². The maximum absolute atomic E-state index is 5.33. The molecule has 256 valence electrons. The minimum Gasteiger partial charge on any atom is -0.309 e. The second-order valence-electron chi connectivity index (χ2n) is 14.2. The molecule has 0 aliphatic carbocycles. The van der Waals surface area contributed by atoms with Crippen LogP contribution in [0.25, 0.3) is 109 Å². The minimum atomic E-state index is 0.709. The second kappa shape index (κ2) is 11.7. The topological polar surface area (TPSA) is 35.6 Å². The summed E-state index contributed by atoms with van der Waals surface area (Å²) in [5.74, 6) is 0.709. The number of fused-ring (bicyclic) bond motifs is 11. The zero-order valence-electron chi connectivity index (χ0n) is 29.5. The lowest BCUT2D eigenvalue weighted by Gasteiger charge is -2.12. The SMILES string of the molecule is c1ccc(-n2c3ccccc3c3cc(-c4nc(-c5ccc(-n6c7ccccc7c7ccc8sc9ccccc9c8c76)cc5)nc5ccccc45)ccc32)cc1. The molecule has 4 nitrogen and oxygen atoms in total. The summed E-state index contributed by atoms with van der Waals surface area (Å²) in [4.78, 5) is 10.5. The zero-order valence-corrected chi connectivity index (χ0v) is 30.3. The van der Waals surface area contributed by atoms with Gasteiger partial charge in [0.25, 0.3) is 0 Å². The molecule has 0 aliphatic heterocycles. The molecule has 0 saturated heterocycles. The van der Waals surface area contributed by atoms with Gasteiger partial charge in [0.15, 0.2) is 5.82 Å². The number of benzene rings is 8. The van der Waals surface area contributed by atoms with Gasteiger partial charge in [-0.25, -0.2) is 9.97 Å². The first-order chi connectivity index (χ1) is 27.3. The van der Waals surface area contributed by atoms with Gasteiger partial charge in [0.05, 0.1) is 33.3 Å². The van der Waals surface area contributed by atoms with Crippen molar-refractivity contribution in [3.8, 4) is 34.0 Å². The minimum absolute atomic E-state index is 0.709. The summed E-state index contributed by atoms with van der Waals surface area (Å²) in [5.41, 5.74) is 10.9. The molecule has 0 radical (unpaired) electrons. The maximum atomic E-state index is 5.33. The molecular formula is C50H30N4S. The molecular weight excluding hydrogens is 689 g/mol. The van der Waals surface area contributed by atoms with Gasteiger partial charge in [-0.05, 0) is 78.9 Å². The molecule has 0 atom stereocenters. The van der Waals surface area contributed by atoms with Crippen molar-refractivity contribution >= 4 is 86.0 Å². The van der Waals surface area contributed by atoms with Crippen LogP contribution in [-0.2, 0) is 0 Å². The lowest BCUT2D eigenvalue weighted by molar-refractivity contribution is 1.18. The van der Waals surface area contributed by atoms with E-state index < -0.39 is 0 Å². The first-order valence-electron chi connectivity index (χ1n) is 18.6. The van der Waals surface area contributed by atoms with E-state index in [1.807, 2.05) is 11.3 Å². The van der Waals surface area contributed by atoms with Crippen LogP contribution in [0.15, 0.2) is 182 Å². The number of hydrogen-bond acceptors (Lipinski definition) is 3. The lowest BCUT2D eigenvalue weighted by atomic mass is 10.0. The largest absolute Gasteiger partial charge is 0.309 e. The first-order valence-corrected chi connectivity index (χ1v) is 19.4. The highest BCUT2D eigenvalue weighted by molar-refractivity contribution is 7.26. The lowest BCUT2D eigenvalue weighted by Crippen LogP contribution is -1.97. The third-order valence-corrected chi connectivity index (χ3v) is 12.3. The number of thiophene rings is 1. The summed E-state index contributed by atoms with van der Waals surface area (Å²) in [6.07, 6.45) is 0. The molecule has 0 unspecified atom stereocenters. The van der Waals surface area contributed by atoms with Crippen LogP contribution >= 0.6 is 11.3 Å². The van der Waals surface area contributed by atoms with Gasteiger partial charge in [0.1, 0.15) is 0 Å². The van der Waals surface area contributed by atoms with Crippen molar-refractivity contribution in [3.63, 3.8) is 0 Å². The molecule has 0 N–H and O–H groups in total. The molecule has 0 fully saturated rings. The smallest absolute Gasteiger partial charge is 0.160 e. The van der Waals surface area contributed by atoms with Crippen LogP contribution in [0.1, 0.15) is 0 Å². The van der Waals surface area contributed by atoms with Crippen molar-refractivity contribution in [3.05, 3.63) is 182 Å². The molecule has 5 heteroatoms.